The molecule has 1 unspecified atom stereocenters. The Morgan fingerprint density at radius 3 is 2.91 bits per heavy atom. The van der Waals surface area contributed by atoms with Gasteiger partial charge in [-0.15, -0.1) is 0 Å². The van der Waals surface area contributed by atoms with Gasteiger partial charge in [0.2, 0.25) is 0 Å². The first-order chi connectivity index (χ1) is 5.27. The molecular formula is C8H13NO2. The number of aliphatic hydroxyl groups excluding tert-OH is 1. The summed E-state index contributed by atoms with van der Waals surface area (Å²) in [7, 11) is 0. The Morgan fingerprint density at radius 2 is 2.45 bits per heavy atom. The Bertz CT molecular complexity index is 220. The first-order valence-corrected chi connectivity index (χ1v) is 3.84. The van der Waals surface area contributed by atoms with Gasteiger partial charge in [0.15, 0.2) is 5.76 Å². The fraction of sp³-hybridized carbons (Fsp3) is 0.625. The van der Waals surface area contributed by atoms with Crippen molar-refractivity contribution in [3.05, 3.63) is 17.5 Å². The second kappa shape index (κ2) is 3.53. The lowest BCUT2D eigenvalue weighted by Gasteiger charge is -1.99. The summed E-state index contributed by atoms with van der Waals surface area (Å²) in [6, 6.07) is 1.80. The Balaban J connectivity index is 2.71. The van der Waals surface area contributed by atoms with Crippen LogP contribution in [0.4, 0.5) is 0 Å². The van der Waals surface area contributed by atoms with Crippen LogP contribution in [0.5, 0.6) is 0 Å². The van der Waals surface area contributed by atoms with Crippen molar-refractivity contribution in [1.29, 1.82) is 0 Å². The maximum atomic E-state index is 8.67. The van der Waals surface area contributed by atoms with Gasteiger partial charge in [-0.25, -0.2) is 0 Å². The topological polar surface area (TPSA) is 46.3 Å². The van der Waals surface area contributed by atoms with E-state index in [-0.39, 0.29) is 6.61 Å². The van der Waals surface area contributed by atoms with Crippen LogP contribution < -0.4 is 0 Å². The Labute approximate surface area is 66.0 Å². The fourth-order valence-corrected chi connectivity index (χ4v) is 0.845. The van der Waals surface area contributed by atoms with Crippen molar-refractivity contribution in [2.45, 2.75) is 32.8 Å². The van der Waals surface area contributed by atoms with Gasteiger partial charge in [0.25, 0.3) is 0 Å². The Hall–Kier alpha value is -0.830. The predicted molar refractivity (Wildman–Crippen MR) is 41.1 cm³/mol. The Morgan fingerprint density at radius 1 is 1.73 bits per heavy atom. The average molecular weight is 155 g/mol. The molecule has 11 heavy (non-hydrogen) atoms. The smallest absolute Gasteiger partial charge is 0.162 e. The summed E-state index contributed by atoms with van der Waals surface area (Å²) in [5.74, 6) is 0.958. The molecule has 0 amide bonds. The molecule has 0 fully saturated rings. The number of nitrogens with zero attached hydrogens (tertiary/aromatic N) is 1. The molecule has 0 saturated heterocycles. The number of aliphatic hydroxyl groups is 1. The van der Waals surface area contributed by atoms with E-state index in [0.717, 1.165) is 12.1 Å². The molecular weight excluding hydrogens is 142 g/mol. The molecule has 1 aromatic rings. The molecule has 0 saturated carbocycles. The van der Waals surface area contributed by atoms with Gasteiger partial charge in [-0.3, -0.25) is 0 Å². The van der Waals surface area contributed by atoms with E-state index in [0.29, 0.717) is 11.7 Å². The third kappa shape index (κ3) is 1.80. The molecule has 0 bridgehead atoms. The van der Waals surface area contributed by atoms with Crippen molar-refractivity contribution in [2.24, 2.45) is 0 Å². The van der Waals surface area contributed by atoms with E-state index in [1.54, 1.807) is 6.07 Å². The van der Waals surface area contributed by atoms with Crippen LogP contribution >= 0.6 is 0 Å². The number of hydrogen-bond acceptors (Lipinski definition) is 3. The van der Waals surface area contributed by atoms with Gasteiger partial charge in [0.1, 0.15) is 6.61 Å². The molecule has 0 aliphatic heterocycles. The molecule has 62 valence electrons. The highest BCUT2D eigenvalue weighted by molar-refractivity contribution is 5.08. The van der Waals surface area contributed by atoms with Crippen LogP contribution in [0.15, 0.2) is 10.6 Å². The van der Waals surface area contributed by atoms with E-state index >= 15 is 0 Å². The van der Waals surface area contributed by atoms with E-state index in [9.17, 15) is 0 Å². The van der Waals surface area contributed by atoms with E-state index in [2.05, 4.69) is 19.0 Å². The second-order valence-corrected chi connectivity index (χ2v) is 2.69. The highest BCUT2D eigenvalue weighted by Crippen LogP contribution is 2.17. The number of rotatable bonds is 3. The van der Waals surface area contributed by atoms with Gasteiger partial charge < -0.3 is 9.63 Å². The summed E-state index contributed by atoms with van der Waals surface area (Å²) in [5, 5.41) is 12.5. The minimum Gasteiger partial charge on any atom is -0.388 e. The Kier molecular flexibility index (Phi) is 2.65. The first-order valence-electron chi connectivity index (χ1n) is 3.84. The summed E-state index contributed by atoms with van der Waals surface area (Å²) in [4.78, 5) is 0. The number of hydrogen-bond donors (Lipinski definition) is 1. The third-order valence-electron chi connectivity index (χ3n) is 1.85. The molecule has 0 aliphatic rings. The van der Waals surface area contributed by atoms with Gasteiger partial charge in [-0.05, 0) is 6.42 Å². The van der Waals surface area contributed by atoms with E-state index in [1.165, 1.54) is 0 Å². The van der Waals surface area contributed by atoms with Crippen LogP contribution in [-0.2, 0) is 6.61 Å². The van der Waals surface area contributed by atoms with Crippen molar-refractivity contribution in [2.75, 3.05) is 0 Å². The summed E-state index contributed by atoms with van der Waals surface area (Å²) in [5.41, 5.74) is 0.927. The quantitative estimate of drug-likeness (QED) is 0.722. The zero-order valence-electron chi connectivity index (χ0n) is 6.87. The largest absolute Gasteiger partial charge is 0.388 e. The standard InChI is InChI=1S/C8H13NO2/c1-3-6(2)8-4-7(5-10)11-9-8/h4,6,10H,3,5H2,1-2H3. The lowest BCUT2D eigenvalue weighted by atomic mass is 10.1. The van der Waals surface area contributed by atoms with Crippen molar-refractivity contribution < 1.29 is 9.63 Å². The normalized spacial score (nSPS) is 13.4. The molecule has 1 heterocycles. The van der Waals surface area contributed by atoms with Crippen LogP contribution in [0, 0.1) is 0 Å². The average Bonchev–Trinajstić information content (AvgIpc) is 2.50. The monoisotopic (exact) mass is 155 g/mol. The van der Waals surface area contributed by atoms with E-state index in [4.69, 9.17) is 9.63 Å². The van der Waals surface area contributed by atoms with Gasteiger partial charge in [0.05, 0.1) is 5.69 Å². The molecule has 3 heteroatoms. The minimum atomic E-state index is -0.0660. The molecule has 1 N–H and O–H groups in total. The summed E-state index contributed by atoms with van der Waals surface area (Å²) >= 11 is 0. The van der Waals surface area contributed by atoms with Crippen LogP contribution in [0.1, 0.15) is 37.6 Å². The van der Waals surface area contributed by atoms with E-state index < -0.39 is 0 Å². The molecule has 0 radical (unpaired) electrons. The van der Waals surface area contributed by atoms with E-state index in [1.807, 2.05) is 0 Å². The molecule has 0 aromatic carbocycles. The maximum absolute atomic E-state index is 8.67. The predicted octanol–water partition coefficient (Wildman–Crippen LogP) is 1.68. The fourth-order valence-electron chi connectivity index (χ4n) is 0.845. The van der Waals surface area contributed by atoms with Gasteiger partial charge >= 0.3 is 0 Å². The van der Waals surface area contributed by atoms with Crippen molar-refractivity contribution in [3.8, 4) is 0 Å². The molecule has 0 aliphatic carbocycles. The van der Waals surface area contributed by atoms with Crippen molar-refractivity contribution >= 4 is 0 Å². The van der Waals surface area contributed by atoms with Crippen LogP contribution in [0.25, 0.3) is 0 Å². The lowest BCUT2D eigenvalue weighted by Crippen LogP contribution is -1.89. The van der Waals surface area contributed by atoms with Crippen LogP contribution in [0.2, 0.25) is 0 Å². The highest BCUT2D eigenvalue weighted by atomic mass is 16.5. The van der Waals surface area contributed by atoms with Crippen molar-refractivity contribution in [1.82, 2.24) is 5.16 Å². The van der Waals surface area contributed by atoms with Crippen LogP contribution in [0.3, 0.4) is 0 Å². The SMILES string of the molecule is CCC(C)c1cc(CO)on1. The minimum absolute atomic E-state index is 0.0660. The van der Waals surface area contributed by atoms with Gasteiger partial charge in [-0.1, -0.05) is 19.0 Å². The third-order valence-corrected chi connectivity index (χ3v) is 1.85. The maximum Gasteiger partial charge on any atom is 0.162 e. The van der Waals surface area contributed by atoms with Crippen LogP contribution in [-0.4, -0.2) is 10.3 Å². The zero-order valence-corrected chi connectivity index (χ0v) is 6.87. The molecule has 1 atom stereocenters. The molecule has 1 aromatic heterocycles. The lowest BCUT2D eigenvalue weighted by molar-refractivity contribution is 0.228. The molecule has 0 spiro atoms. The van der Waals surface area contributed by atoms with Gasteiger partial charge in [0, 0.05) is 12.0 Å². The van der Waals surface area contributed by atoms with Crippen molar-refractivity contribution in [3.63, 3.8) is 0 Å². The summed E-state index contributed by atoms with van der Waals surface area (Å²) < 4.78 is 4.84. The first kappa shape index (κ1) is 8.27. The highest BCUT2D eigenvalue weighted by Gasteiger charge is 2.08. The second-order valence-electron chi connectivity index (χ2n) is 2.69. The van der Waals surface area contributed by atoms with Gasteiger partial charge in [-0.2, -0.15) is 0 Å². The zero-order chi connectivity index (χ0) is 8.27. The molecule has 1 rings (SSSR count). The number of aromatic nitrogens is 1. The summed E-state index contributed by atoms with van der Waals surface area (Å²) in [6.45, 7) is 4.11. The molecule has 3 nitrogen and oxygen atoms in total. The summed E-state index contributed by atoms with van der Waals surface area (Å²) in [6.07, 6.45) is 1.04.